The molecule has 5 heterocycles. The molecule has 5 aromatic rings. The molecule has 4 N–H and O–H groups in total. The number of anilines is 2. The van der Waals surface area contributed by atoms with Gasteiger partial charge in [-0.2, -0.15) is 5.10 Å². The molecule has 6 rings (SSSR count). The summed E-state index contributed by atoms with van der Waals surface area (Å²) in [5.41, 5.74) is 9.86. The Hall–Kier alpha value is -4.13. The van der Waals surface area contributed by atoms with E-state index >= 15 is 0 Å². The number of nitrogens with two attached hydrogens (primary N) is 1. The lowest BCUT2D eigenvalue weighted by molar-refractivity contribution is 0.269. The quantitative estimate of drug-likeness (QED) is 0.272. The van der Waals surface area contributed by atoms with Gasteiger partial charge in [0.15, 0.2) is 0 Å². The van der Waals surface area contributed by atoms with Crippen LogP contribution in [0.3, 0.4) is 0 Å². The minimum absolute atomic E-state index is 0. The van der Waals surface area contributed by atoms with Crippen LogP contribution >= 0.6 is 12.4 Å². The van der Waals surface area contributed by atoms with Crippen LogP contribution in [0.15, 0.2) is 61.4 Å². The van der Waals surface area contributed by atoms with Crippen LogP contribution in [0.5, 0.6) is 0 Å². The van der Waals surface area contributed by atoms with E-state index in [1.54, 1.807) is 41.7 Å². The standard InChI is InChI=1S/C27H29FN10O.ClH/c1-27(29,19-2-4-21(28)5-3-19)20-14-30-26(31-15-20)37-8-6-36(7-9-37)25-22-12-23(35-24(22)32-17-33-25)18-13-34-38(16-18)10-11-39;/h2-5,12-17,39H,6-11,29H2,1H3,(H,32,33,35);1H/t27-;/m0./s1. The van der Waals surface area contributed by atoms with Crippen molar-refractivity contribution in [3.05, 3.63) is 78.4 Å². The summed E-state index contributed by atoms with van der Waals surface area (Å²) in [5.74, 6) is 1.22. The van der Waals surface area contributed by atoms with Crippen LogP contribution in [0.2, 0.25) is 0 Å². The lowest BCUT2D eigenvalue weighted by Gasteiger charge is -2.35. The number of piperazine rings is 1. The average molecular weight is 565 g/mol. The SMILES string of the molecule is C[C@](N)(c1ccc(F)cc1)c1cnc(N2CCN(c3ncnc4[nH]c(-c5cnn(CCO)c5)cc34)CC2)nc1.Cl. The highest BCUT2D eigenvalue weighted by Gasteiger charge is 2.26. The van der Waals surface area contributed by atoms with E-state index < -0.39 is 5.54 Å². The third kappa shape index (κ3) is 5.20. The molecular formula is C27H30ClFN10O. The number of hydrogen-bond donors (Lipinski definition) is 3. The number of aromatic nitrogens is 7. The van der Waals surface area contributed by atoms with Crippen molar-refractivity contribution in [3.8, 4) is 11.3 Å². The van der Waals surface area contributed by atoms with Crippen LogP contribution in [-0.2, 0) is 12.1 Å². The average Bonchev–Trinajstić information content (AvgIpc) is 3.61. The van der Waals surface area contributed by atoms with Crippen LogP contribution in [-0.4, -0.2) is 72.6 Å². The molecule has 11 nitrogen and oxygen atoms in total. The summed E-state index contributed by atoms with van der Waals surface area (Å²) >= 11 is 0. The third-order valence-corrected chi connectivity index (χ3v) is 7.22. The van der Waals surface area contributed by atoms with Gasteiger partial charge in [0.25, 0.3) is 0 Å². The largest absolute Gasteiger partial charge is 0.394 e. The number of nitrogens with zero attached hydrogens (tertiary/aromatic N) is 8. The Balaban J connectivity index is 0.00000323. The second kappa shape index (κ2) is 11.2. The van der Waals surface area contributed by atoms with Crippen LogP contribution in [0.25, 0.3) is 22.3 Å². The Kier molecular flexibility index (Phi) is 7.66. The Morgan fingerprint density at radius 3 is 2.38 bits per heavy atom. The van der Waals surface area contributed by atoms with Gasteiger partial charge in [0, 0.05) is 55.9 Å². The van der Waals surface area contributed by atoms with Gasteiger partial charge in [-0.05, 0) is 30.7 Å². The fraction of sp³-hybridized carbons (Fsp3) is 0.296. The maximum atomic E-state index is 13.4. The third-order valence-electron chi connectivity index (χ3n) is 7.22. The zero-order valence-electron chi connectivity index (χ0n) is 21.9. The van der Waals surface area contributed by atoms with Crippen molar-refractivity contribution >= 4 is 35.2 Å². The molecule has 4 aromatic heterocycles. The number of halogens is 2. The summed E-state index contributed by atoms with van der Waals surface area (Å²) in [6, 6.07) is 8.22. The van der Waals surface area contributed by atoms with Gasteiger partial charge in [-0.25, -0.2) is 24.3 Å². The van der Waals surface area contributed by atoms with Crippen molar-refractivity contribution in [2.24, 2.45) is 5.73 Å². The molecule has 1 saturated heterocycles. The minimum atomic E-state index is -0.837. The van der Waals surface area contributed by atoms with Crippen molar-refractivity contribution in [3.63, 3.8) is 0 Å². The highest BCUT2D eigenvalue weighted by Crippen LogP contribution is 2.30. The fourth-order valence-corrected chi connectivity index (χ4v) is 4.90. The summed E-state index contributed by atoms with van der Waals surface area (Å²) in [4.78, 5) is 26.0. The summed E-state index contributed by atoms with van der Waals surface area (Å²) < 4.78 is 15.1. The number of aromatic amines is 1. The molecule has 0 aliphatic carbocycles. The molecule has 1 aromatic carbocycles. The van der Waals surface area contributed by atoms with Crippen molar-refractivity contribution in [1.82, 2.24) is 34.7 Å². The topological polar surface area (TPSA) is 138 Å². The van der Waals surface area contributed by atoms with Gasteiger partial charge in [0.1, 0.15) is 23.6 Å². The van der Waals surface area contributed by atoms with Gasteiger partial charge in [-0.3, -0.25) is 4.68 Å². The first-order valence-electron chi connectivity index (χ1n) is 12.8. The summed E-state index contributed by atoms with van der Waals surface area (Å²) in [6.45, 7) is 5.30. The Morgan fingerprint density at radius 2 is 1.68 bits per heavy atom. The van der Waals surface area contributed by atoms with Crippen LogP contribution in [0, 0.1) is 5.82 Å². The maximum Gasteiger partial charge on any atom is 0.225 e. The second-order valence-electron chi connectivity index (χ2n) is 9.81. The van der Waals surface area contributed by atoms with Gasteiger partial charge < -0.3 is 25.6 Å². The molecule has 40 heavy (non-hydrogen) atoms. The number of benzene rings is 1. The predicted molar refractivity (Wildman–Crippen MR) is 153 cm³/mol. The van der Waals surface area contributed by atoms with E-state index in [0.717, 1.165) is 65.4 Å². The number of aliphatic hydroxyl groups is 1. The van der Waals surface area contributed by atoms with Crippen molar-refractivity contribution in [2.45, 2.75) is 19.0 Å². The Morgan fingerprint density at radius 1 is 0.975 bits per heavy atom. The van der Waals surface area contributed by atoms with E-state index in [1.807, 2.05) is 19.2 Å². The summed E-state index contributed by atoms with van der Waals surface area (Å²) in [5, 5.41) is 14.4. The lowest BCUT2D eigenvalue weighted by Crippen LogP contribution is -2.47. The highest BCUT2D eigenvalue weighted by molar-refractivity contribution is 5.91. The number of rotatable bonds is 7. The Bertz CT molecular complexity index is 1580. The monoisotopic (exact) mass is 564 g/mol. The second-order valence-corrected chi connectivity index (χ2v) is 9.81. The molecule has 13 heteroatoms. The first kappa shape index (κ1) is 27.4. The van der Waals surface area contributed by atoms with Crippen molar-refractivity contribution < 1.29 is 9.50 Å². The van der Waals surface area contributed by atoms with Crippen molar-refractivity contribution in [2.75, 3.05) is 42.6 Å². The lowest BCUT2D eigenvalue weighted by atomic mass is 9.87. The number of hydrogen-bond acceptors (Lipinski definition) is 9. The summed E-state index contributed by atoms with van der Waals surface area (Å²) in [7, 11) is 0. The summed E-state index contributed by atoms with van der Waals surface area (Å²) in [6.07, 6.45) is 8.73. The van der Waals surface area contributed by atoms with Crippen LogP contribution < -0.4 is 15.5 Å². The molecule has 208 valence electrons. The van der Waals surface area contributed by atoms with Gasteiger partial charge in [-0.15, -0.1) is 12.4 Å². The molecule has 0 amide bonds. The van der Waals surface area contributed by atoms with Crippen LogP contribution in [0.4, 0.5) is 16.2 Å². The van der Waals surface area contributed by atoms with E-state index in [1.165, 1.54) is 12.1 Å². The maximum absolute atomic E-state index is 13.4. The predicted octanol–water partition coefficient (Wildman–Crippen LogP) is 2.71. The van der Waals surface area contributed by atoms with Gasteiger partial charge in [0.2, 0.25) is 5.95 Å². The van der Waals surface area contributed by atoms with Crippen molar-refractivity contribution in [1.29, 1.82) is 0 Å². The molecule has 1 aliphatic heterocycles. The van der Waals surface area contributed by atoms with Gasteiger partial charge in [-0.1, -0.05) is 12.1 Å². The molecule has 1 atom stereocenters. The normalized spacial score (nSPS) is 15.2. The van der Waals surface area contributed by atoms with E-state index in [0.29, 0.717) is 12.5 Å². The Labute approximate surface area is 236 Å². The molecule has 0 spiro atoms. The molecular weight excluding hydrogens is 535 g/mol. The first-order chi connectivity index (χ1) is 18.9. The minimum Gasteiger partial charge on any atom is -0.394 e. The number of H-pyrrole nitrogens is 1. The fourth-order valence-electron chi connectivity index (χ4n) is 4.90. The smallest absolute Gasteiger partial charge is 0.225 e. The van der Waals surface area contributed by atoms with E-state index in [2.05, 4.69) is 39.8 Å². The van der Waals surface area contributed by atoms with Gasteiger partial charge >= 0.3 is 0 Å². The van der Waals surface area contributed by atoms with Gasteiger partial charge in [0.05, 0.1) is 36.0 Å². The first-order valence-corrected chi connectivity index (χ1v) is 12.8. The molecule has 1 aliphatic rings. The molecule has 0 radical (unpaired) electrons. The van der Waals surface area contributed by atoms with Crippen LogP contribution in [0.1, 0.15) is 18.1 Å². The number of fused-ring (bicyclic) bond motifs is 1. The molecule has 0 saturated carbocycles. The highest BCUT2D eigenvalue weighted by atomic mass is 35.5. The molecule has 0 bridgehead atoms. The zero-order valence-corrected chi connectivity index (χ0v) is 22.7. The number of aliphatic hydroxyl groups excluding tert-OH is 1. The van der Waals surface area contributed by atoms with E-state index in [4.69, 9.17) is 10.8 Å². The number of nitrogens with one attached hydrogen (secondary N) is 1. The zero-order chi connectivity index (χ0) is 27.0. The van der Waals surface area contributed by atoms with E-state index in [-0.39, 0.29) is 24.8 Å². The molecule has 0 unspecified atom stereocenters. The molecule has 1 fully saturated rings. The van der Waals surface area contributed by atoms with E-state index in [9.17, 15) is 4.39 Å².